The van der Waals surface area contributed by atoms with Crippen LogP contribution < -0.4 is 10.2 Å². The molecule has 6 heteroatoms. The van der Waals surface area contributed by atoms with Crippen molar-refractivity contribution in [3.8, 4) is 0 Å². The van der Waals surface area contributed by atoms with Crippen molar-refractivity contribution in [1.82, 2.24) is 9.80 Å². The Balaban J connectivity index is 1.99. The number of rotatable bonds is 8. The topological polar surface area (TPSA) is 55.9 Å². The van der Waals surface area contributed by atoms with Crippen molar-refractivity contribution < 1.29 is 9.59 Å². The lowest BCUT2D eigenvalue weighted by molar-refractivity contribution is 0.0980. The first-order chi connectivity index (χ1) is 13.8. The first-order valence-electron chi connectivity index (χ1n) is 9.91. The molecule has 0 amide bonds. The molecule has 1 aliphatic carbocycles. The Hall–Kier alpha value is -2.70. The molecular formula is C23H30N4O2. The molecule has 29 heavy (non-hydrogen) atoms. The largest absolute Gasteiger partial charge is 0.383 e. The number of hydrogen-bond acceptors (Lipinski definition) is 6. The van der Waals surface area contributed by atoms with Crippen LogP contribution >= 0.6 is 0 Å². The van der Waals surface area contributed by atoms with E-state index in [2.05, 4.69) is 15.1 Å². The number of carbonyl (C=O) groups excluding carboxylic acids is 2. The molecule has 154 valence electrons. The number of fused-ring (bicyclic) bond motifs is 2. The van der Waals surface area contributed by atoms with Gasteiger partial charge in [0.2, 0.25) is 0 Å². The second-order valence-corrected chi connectivity index (χ2v) is 8.04. The molecule has 2 aromatic rings. The standard InChI is InChI=1S/C23H30N4O2/c1-25(2)13-12-24-18-10-6-8-16-20(18)22(28)17-9-7-11-19(21(17)23(16)29)27(5)15-14-26(3)4/h6-11,24H,12-15H2,1-5H3. The van der Waals surface area contributed by atoms with Gasteiger partial charge in [0.1, 0.15) is 0 Å². The zero-order chi connectivity index (χ0) is 21.1. The van der Waals surface area contributed by atoms with Crippen LogP contribution in [0.15, 0.2) is 36.4 Å². The highest BCUT2D eigenvalue weighted by molar-refractivity contribution is 6.31. The van der Waals surface area contributed by atoms with E-state index in [0.717, 1.165) is 31.0 Å². The van der Waals surface area contributed by atoms with Crippen molar-refractivity contribution in [2.75, 3.05) is 71.6 Å². The van der Waals surface area contributed by atoms with Crippen LogP contribution in [0.25, 0.3) is 0 Å². The van der Waals surface area contributed by atoms with Gasteiger partial charge in [-0.3, -0.25) is 9.59 Å². The first kappa shape index (κ1) is 21.0. The van der Waals surface area contributed by atoms with Gasteiger partial charge in [0.25, 0.3) is 0 Å². The smallest absolute Gasteiger partial charge is 0.196 e. The number of benzene rings is 2. The average molecular weight is 395 g/mol. The summed E-state index contributed by atoms with van der Waals surface area (Å²) in [5, 5.41) is 3.33. The molecule has 0 spiro atoms. The summed E-state index contributed by atoms with van der Waals surface area (Å²) >= 11 is 0. The molecule has 0 radical (unpaired) electrons. The van der Waals surface area contributed by atoms with Crippen LogP contribution in [0, 0.1) is 0 Å². The summed E-state index contributed by atoms with van der Waals surface area (Å²) in [7, 11) is 10.0. The van der Waals surface area contributed by atoms with E-state index in [-0.39, 0.29) is 11.6 Å². The van der Waals surface area contributed by atoms with Crippen LogP contribution in [0.2, 0.25) is 0 Å². The SMILES string of the molecule is CN(C)CCNc1cccc2c1C(=O)c1cccc(N(C)CCN(C)C)c1C2=O. The molecular weight excluding hydrogens is 364 g/mol. The zero-order valence-electron chi connectivity index (χ0n) is 18.0. The summed E-state index contributed by atoms with van der Waals surface area (Å²) in [6, 6.07) is 11.0. The molecule has 0 fully saturated rings. The first-order valence-corrected chi connectivity index (χ1v) is 9.91. The fourth-order valence-electron chi connectivity index (χ4n) is 3.57. The van der Waals surface area contributed by atoms with E-state index in [9.17, 15) is 9.59 Å². The highest BCUT2D eigenvalue weighted by atomic mass is 16.1. The summed E-state index contributed by atoms with van der Waals surface area (Å²) in [4.78, 5) is 33.0. The van der Waals surface area contributed by atoms with Crippen molar-refractivity contribution in [3.05, 3.63) is 58.7 Å². The van der Waals surface area contributed by atoms with Gasteiger partial charge >= 0.3 is 0 Å². The maximum atomic E-state index is 13.4. The average Bonchev–Trinajstić information content (AvgIpc) is 2.69. The lowest BCUT2D eigenvalue weighted by Gasteiger charge is -2.28. The van der Waals surface area contributed by atoms with E-state index in [1.165, 1.54) is 0 Å². The Labute approximate surface area is 173 Å². The number of carbonyl (C=O) groups is 2. The van der Waals surface area contributed by atoms with E-state index in [1.54, 1.807) is 12.1 Å². The summed E-state index contributed by atoms with van der Waals surface area (Å²) in [5.74, 6) is -0.177. The highest BCUT2D eigenvalue weighted by Crippen LogP contribution is 2.36. The molecule has 6 nitrogen and oxygen atoms in total. The maximum Gasteiger partial charge on any atom is 0.196 e. The molecule has 3 rings (SSSR count). The molecule has 1 N–H and O–H groups in total. The minimum absolute atomic E-state index is 0.0850. The Morgan fingerprint density at radius 2 is 1.31 bits per heavy atom. The van der Waals surface area contributed by atoms with E-state index in [4.69, 9.17) is 0 Å². The van der Waals surface area contributed by atoms with Crippen LogP contribution in [-0.2, 0) is 0 Å². The lowest BCUT2D eigenvalue weighted by atomic mass is 9.82. The van der Waals surface area contributed by atoms with Crippen molar-refractivity contribution in [3.63, 3.8) is 0 Å². The summed E-state index contributed by atoms with van der Waals surface area (Å²) in [6.45, 7) is 3.16. The molecule has 1 aliphatic rings. The fraction of sp³-hybridized carbons (Fsp3) is 0.391. The number of hydrogen-bond donors (Lipinski definition) is 1. The third kappa shape index (κ3) is 4.33. The quantitative estimate of drug-likeness (QED) is 0.633. The third-order valence-electron chi connectivity index (χ3n) is 5.22. The van der Waals surface area contributed by atoms with Gasteiger partial charge in [-0.2, -0.15) is 0 Å². The Morgan fingerprint density at radius 3 is 1.97 bits per heavy atom. The lowest BCUT2D eigenvalue weighted by Crippen LogP contribution is -2.31. The van der Waals surface area contributed by atoms with Crippen LogP contribution in [-0.4, -0.2) is 82.8 Å². The van der Waals surface area contributed by atoms with Crippen molar-refractivity contribution in [2.45, 2.75) is 0 Å². The highest BCUT2D eigenvalue weighted by Gasteiger charge is 2.34. The molecule has 0 aromatic heterocycles. The van der Waals surface area contributed by atoms with Crippen LogP contribution in [0.5, 0.6) is 0 Å². The molecule has 0 heterocycles. The molecule has 0 bridgehead atoms. The molecule has 0 saturated carbocycles. The molecule has 0 saturated heterocycles. The van der Waals surface area contributed by atoms with Gasteiger partial charge in [0.15, 0.2) is 11.6 Å². The fourth-order valence-corrected chi connectivity index (χ4v) is 3.57. The van der Waals surface area contributed by atoms with Crippen molar-refractivity contribution in [2.24, 2.45) is 0 Å². The summed E-state index contributed by atoms with van der Waals surface area (Å²) < 4.78 is 0. The molecule has 0 unspecified atom stereocenters. The van der Waals surface area contributed by atoms with E-state index < -0.39 is 0 Å². The monoisotopic (exact) mass is 394 g/mol. The minimum atomic E-state index is -0.0922. The number of anilines is 2. The van der Waals surface area contributed by atoms with Gasteiger partial charge in [0.05, 0.1) is 11.1 Å². The Morgan fingerprint density at radius 1 is 0.724 bits per heavy atom. The van der Waals surface area contributed by atoms with Crippen LogP contribution in [0.4, 0.5) is 11.4 Å². The van der Waals surface area contributed by atoms with Crippen molar-refractivity contribution >= 4 is 22.9 Å². The number of likely N-dealkylation sites (N-methyl/N-ethyl adjacent to an activating group) is 3. The van der Waals surface area contributed by atoms with Gasteiger partial charge in [-0.1, -0.05) is 24.3 Å². The van der Waals surface area contributed by atoms with Gasteiger partial charge in [-0.05, 0) is 40.3 Å². The van der Waals surface area contributed by atoms with Crippen LogP contribution in [0.3, 0.4) is 0 Å². The van der Waals surface area contributed by atoms with Gasteiger partial charge < -0.3 is 20.0 Å². The second-order valence-electron chi connectivity index (χ2n) is 8.04. The van der Waals surface area contributed by atoms with E-state index in [1.807, 2.05) is 64.4 Å². The number of nitrogens with zero attached hydrogens (tertiary/aromatic N) is 3. The predicted octanol–water partition coefficient (Wildman–Crippen LogP) is 2.43. The van der Waals surface area contributed by atoms with Gasteiger partial charge in [0, 0.05) is 55.7 Å². The van der Waals surface area contributed by atoms with Crippen molar-refractivity contribution in [1.29, 1.82) is 0 Å². The second kappa shape index (κ2) is 8.76. The van der Waals surface area contributed by atoms with Crippen LogP contribution in [0.1, 0.15) is 31.8 Å². The molecule has 2 aromatic carbocycles. The van der Waals surface area contributed by atoms with E-state index >= 15 is 0 Å². The minimum Gasteiger partial charge on any atom is -0.383 e. The van der Waals surface area contributed by atoms with Gasteiger partial charge in [-0.25, -0.2) is 0 Å². The van der Waals surface area contributed by atoms with Gasteiger partial charge in [-0.15, -0.1) is 0 Å². The maximum absolute atomic E-state index is 13.4. The summed E-state index contributed by atoms with van der Waals surface area (Å²) in [5.41, 5.74) is 3.48. The normalized spacial score (nSPS) is 12.9. The Bertz CT molecular complexity index is 921. The summed E-state index contributed by atoms with van der Waals surface area (Å²) in [6.07, 6.45) is 0. The molecule has 0 atom stereocenters. The predicted molar refractivity (Wildman–Crippen MR) is 119 cm³/mol. The molecule has 0 aliphatic heterocycles. The number of ketones is 2. The van der Waals surface area contributed by atoms with E-state index in [0.29, 0.717) is 28.8 Å². The zero-order valence-corrected chi connectivity index (χ0v) is 18.0. The number of nitrogens with one attached hydrogen (secondary N) is 1. The third-order valence-corrected chi connectivity index (χ3v) is 5.22. The Kier molecular flexibility index (Phi) is 6.35.